The first kappa shape index (κ1) is 10.2. The van der Waals surface area contributed by atoms with Crippen molar-refractivity contribution >= 4 is 5.78 Å². The molecule has 0 aromatic heterocycles. The molecule has 0 saturated heterocycles. The van der Waals surface area contributed by atoms with Crippen LogP contribution in [-0.4, -0.2) is 33.0 Å². The summed E-state index contributed by atoms with van der Waals surface area (Å²) in [5.41, 5.74) is 0.731. The number of hydrogen-bond acceptors (Lipinski definition) is 2. The van der Waals surface area contributed by atoms with Crippen LogP contribution in [-0.2, 0) is 0 Å². The number of quaternary nitrogens is 1. The van der Waals surface area contributed by atoms with E-state index in [9.17, 15) is 4.79 Å². The molecule has 1 atom stereocenters. The predicted molar refractivity (Wildman–Crippen MR) is 57.4 cm³/mol. The number of rotatable bonds is 2. The van der Waals surface area contributed by atoms with Crippen LogP contribution in [0.5, 0.6) is 5.75 Å². The van der Waals surface area contributed by atoms with Gasteiger partial charge in [0.1, 0.15) is 18.3 Å². The molecule has 1 aromatic carbocycles. The van der Waals surface area contributed by atoms with Crippen LogP contribution in [0.4, 0.5) is 0 Å². The van der Waals surface area contributed by atoms with Gasteiger partial charge < -0.3 is 9.64 Å². The lowest BCUT2D eigenvalue weighted by Crippen LogP contribution is -3.06. The number of Topliss-reactive ketones (excluding diaryl/α,β-unsaturated/α-hetero) is 1. The number of carbonyl (C=O) groups excluding carboxylic acids is 1. The number of nitrogens with one attached hydrogen (secondary N) is 1. The maximum absolute atomic E-state index is 12.1. The highest BCUT2D eigenvalue weighted by atomic mass is 16.5. The van der Waals surface area contributed by atoms with Crippen molar-refractivity contribution < 1.29 is 14.4 Å². The highest BCUT2D eigenvalue weighted by Crippen LogP contribution is 2.26. The van der Waals surface area contributed by atoms with E-state index >= 15 is 0 Å². The van der Waals surface area contributed by atoms with E-state index in [1.165, 1.54) is 4.90 Å². The Morgan fingerprint density at radius 2 is 2.13 bits per heavy atom. The number of ether oxygens (including phenoxy) is 1. The first-order chi connectivity index (χ1) is 7.18. The molecule has 1 N–H and O–H groups in total. The quantitative estimate of drug-likeness (QED) is 0.739. The molecule has 15 heavy (non-hydrogen) atoms. The molecule has 0 bridgehead atoms. The monoisotopic (exact) mass is 206 g/mol. The Morgan fingerprint density at radius 1 is 1.40 bits per heavy atom. The molecule has 0 spiro atoms. The largest absolute Gasteiger partial charge is 0.492 e. The molecule has 0 aliphatic carbocycles. The summed E-state index contributed by atoms with van der Waals surface area (Å²) in [7, 11) is 4.10. The summed E-state index contributed by atoms with van der Waals surface area (Å²) in [6.45, 7) is 1.34. The summed E-state index contributed by atoms with van der Waals surface area (Å²) in [6.07, 6.45) is 0. The molecule has 0 amide bonds. The summed E-state index contributed by atoms with van der Waals surface area (Å²) in [4.78, 5) is 13.3. The Kier molecular flexibility index (Phi) is 2.73. The van der Waals surface area contributed by atoms with Gasteiger partial charge in [0.05, 0.1) is 26.2 Å². The number of para-hydroxylation sites is 1. The minimum absolute atomic E-state index is 0.00454. The van der Waals surface area contributed by atoms with E-state index in [1.54, 1.807) is 0 Å². The average molecular weight is 206 g/mol. The smallest absolute Gasteiger partial charge is 0.178 e. The summed E-state index contributed by atoms with van der Waals surface area (Å²) >= 11 is 0. The zero-order valence-corrected chi connectivity index (χ0v) is 9.12. The summed E-state index contributed by atoms with van der Waals surface area (Å²) < 4.78 is 5.57. The van der Waals surface area contributed by atoms with Gasteiger partial charge in [-0.15, -0.1) is 0 Å². The molecule has 3 nitrogen and oxygen atoms in total. The second kappa shape index (κ2) is 4.03. The van der Waals surface area contributed by atoms with Crippen LogP contribution < -0.4 is 9.64 Å². The lowest BCUT2D eigenvalue weighted by Gasteiger charge is -2.24. The van der Waals surface area contributed by atoms with Crippen LogP contribution >= 0.6 is 0 Å². The van der Waals surface area contributed by atoms with Crippen LogP contribution in [0.3, 0.4) is 0 Å². The van der Waals surface area contributed by atoms with Crippen molar-refractivity contribution in [3.63, 3.8) is 0 Å². The molecular weight excluding hydrogens is 190 g/mol. The molecule has 80 valence electrons. The minimum atomic E-state index is 0.00454. The molecule has 0 radical (unpaired) electrons. The average Bonchev–Trinajstić information content (AvgIpc) is 2.22. The number of fused-ring (bicyclic) bond motifs is 1. The molecule has 0 unspecified atom stereocenters. The van der Waals surface area contributed by atoms with Crippen molar-refractivity contribution in [2.75, 3.05) is 27.2 Å². The topological polar surface area (TPSA) is 30.7 Å². The van der Waals surface area contributed by atoms with Crippen LogP contribution in [0.15, 0.2) is 24.3 Å². The number of carbonyl (C=O) groups is 1. The highest BCUT2D eigenvalue weighted by Gasteiger charge is 2.30. The molecule has 1 aromatic rings. The maximum Gasteiger partial charge on any atom is 0.178 e. The maximum atomic E-state index is 12.1. The Bertz CT molecular complexity index is 374. The Hall–Kier alpha value is -1.35. The van der Waals surface area contributed by atoms with Crippen molar-refractivity contribution in [2.24, 2.45) is 5.92 Å². The molecule has 1 aliphatic heterocycles. The fraction of sp³-hybridized carbons (Fsp3) is 0.417. The van der Waals surface area contributed by atoms with Crippen molar-refractivity contribution in [3.8, 4) is 5.75 Å². The third-order valence-corrected chi connectivity index (χ3v) is 2.62. The van der Waals surface area contributed by atoms with E-state index in [1.807, 2.05) is 38.4 Å². The van der Waals surface area contributed by atoms with E-state index < -0.39 is 0 Å². The fourth-order valence-corrected chi connectivity index (χ4v) is 1.93. The van der Waals surface area contributed by atoms with Gasteiger partial charge in [-0.2, -0.15) is 0 Å². The van der Waals surface area contributed by atoms with Gasteiger partial charge in [0.2, 0.25) is 0 Å². The van der Waals surface area contributed by atoms with Crippen molar-refractivity contribution in [2.45, 2.75) is 0 Å². The second-order valence-electron chi connectivity index (χ2n) is 4.28. The first-order valence-electron chi connectivity index (χ1n) is 5.23. The van der Waals surface area contributed by atoms with Gasteiger partial charge in [0.15, 0.2) is 5.78 Å². The SMILES string of the molecule is C[NH+](C)C[C@@H]1COc2ccccc2C1=O. The van der Waals surface area contributed by atoms with Crippen molar-refractivity contribution in [1.29, 1.82) is 0 Å². The van der Waals surface area contributed by atoms with Crippen LogP contribution in [0, 0.1) is 5.92 Å². The fourth-order valence-electron chi connectivity index (χ4n) is 1.93. The van der Waals surface area contributed by atoms with E-state index in [0.29, 0.717) is 6.61 Å². The number of benzene rings is 1. The van der Waals surface area contributed by atoms with Gasteiger partial charge in [-0.1, -0.05) is 12.1 Å². The summed E-state index contributed by atoms with van der Waals surface area (Å²) in [5, 5.41) is 0. The molecular formula is C12H16NO2+. The third kappa shape index (κ3) is 2.02. The van der Waals surface area contributed by atoms with E-state index in [0.717, 1.165) is 17.9 Å². The normalized spacial score (nSPS) is 19.9. The van der Waals surface area contributed by atoms with Crippen molar-refractivity contribution in [1.82, 2.24) is 0 Å². The highest BCUT2D eigenvalue weighted by molar-refractivity contribution is 6.01. The molecule has 0 fully saturated rings. The Balaban J connectivity index is 2.22. The Morgan fingerprint density at radius 3 is 2.87 bits per heavy atom. The Labute approximate surface area is 89.7 Å². The van der Waals surface area contributed by atoms with Gasteiger partial charge in [-0.25, -0.2) is 0 Å². The molecule has 0 saturated carbocycles. The van der Waals surface area contributed by atoms with E-state index in [4.69, 9.17) is 4.74 Å². The predicted octanol–water partition coefficient (Wildman–Crippen LogP) is 0.0224. The third-order valence-electron chi connectivity index (χ3n) is 2.62. The van der Waals surface area contributed by atoms with Crippen LogP contribution in [0.2, 0.25) is 0 Å². The standard InChI is InChI=1S/C12H15NO2/c1-13(2)7-9-8-15-11-6-4-3-5-10(11)12(9)14/h3-6,9H,7-8H2,1-2H3/p+1/t9-/m1/s1. The zero-order chi connectivity index (χ0) is 10.8. The lowest BCUT2D eigenvalue weighted by atomic mass is 9.95. The molecule has 1 heterocycles. The first-order valence-corrected chi connectivity index (χ1v) is 5.23. The van der Waals surface area contributed by atoms with Gasteiger partial charge in [0.25, 0.3) is 0 Å². The van der Waals surface area contributed by atoms with Gasteiger partial charge in [-0.05, 0) is 12.1 Å². The summed E-state index contributed by atoms with van der Waals surface area (Å²) in [6, 6.07) is 7.47. The van der Waals surface area contributed by atoms with E-state index in [2.05, 4.69) is 0 Å². The van der Waals surface area contributed by atoms with Crippen LogP contribution in [0.25, 0.3) is 0 Å². The molecule has 2 rings (SSSR count). The van der Waals surface area contributed by atoms with Crippen LogP contribution in [0.1, 0.15) is 10.4 Å². The van der Waals surface area contributed by atoms with Crippen molar-refractivity contribution in [3.05, 3.63) is 29.8 Å². The molecule has 3 heteroatoms. The second-order valence-corrected chi connectivity index (χ2v) is 4.28. The number of ketones is 1. The van der Waals surface area contributed by atoms with Gasteiger partial charge in [0, 0.05) is 0 Å². The minimum Gasteiger partial charge on any atom is -0.492 e. The number of hydrogen-bond donors (Lipinski definition) is 1. The molecule has 1 aliphatic rings. The zero-order valence-electron chi connectivity index (χ0n) is 9.12. The van der Waals surface area contributed by atoms with E-state index in [-0.39, 0.29) is 11.7 Å². The summed E-state index contributed by atoms with van der Waals surface area (Å²) in [5.74, 6) is 0.954. The van der Waals surface area contributed by atoms with Gasteiger partial charge >= 0.3 is 0 Å². The van der Waals surface area contributed by atoms with Gasteiger partial charge in [-0.3, -0.25) is 4.79 Å². The lowest BCUT2D eigenvalue weighted by molar-refractivity contribution is -0.860.